The predicted molar refractivity (Wildman–Crippen MR) is 97.7 cm³/mol. The van der Waals surface area contributed by atoms with Crippen LogP contribution in [0.5, 0.6) is 5.75 Å². The van der Waals surface area contributed by atoms with Crippen molar-refractivity contribution in [1.82, 2.24) is 5.32 Å². The highest BCUT2D eigenvalue weighted by Gasteiger charge is 2.46. The molecular formula is C19H24N2O2S. The number of hydrogen-bond acceptors (Lipinski definition) is 4. The lowest BCUT2D eigenvalue weighted by Crippen LogP contribution is -2.43. The molecule has 2 saturated carbocycles. The Kier molecular flexibility index (Phi) is 4.07. The van der Waals surface area contributed by atoms with E-state index in [4.69, 9.17) is 4.74 Å². The van der Waals surface area contributed by atoms with Crippen molar-refractivity contribution in [3.63, 3.8) is 0 Å². The number of carbonyl (C=O) groups is 1. The van der Waals surface area contributed by atoms with E-state index in [0.717, 1.165) is 28.0 Å². The number of methoxy groups -OCH3 is 1. The maximum atomic E-state index is 13.1. The normalized spacial score (nSPS) is 30.7. The van der Waals surface area contributed by atoms with Gasteiger partial charge in [-0.15, -0.1) is 11.8 Å². The van der Waals surface area contributed by atoms with Crippen LogP contribution in [-0.2, 0) is 0 Å². The summed E-state index contributed by atoms with van der Waals surface area (Å²) < 4.78 is 5.49. The fraction of sp³-hybridized carbons (Fsp3) is 0.579. The third kappa shape index (κ3) is 2.53. The molecule has 4 atom stereocenters. The summed E-state index contributed by atoms with van der Waals surface area (Å²) in [5.41, 5.74) is 2.63. The summed E-state index contributed by atoms with van der Waals surface area (Å²) in [6.45, 7) is 4.31. The molecule has 0 saturated heterocycles. The second-order valence-corrected chi connectivity index (χ2v) is 8.30. The molecule has 2 fully saturated rings. The molecule has 128 valence electrons. The van der Waals surface area contributed by atoms with Gasteiger partial charge in [-0.1, -0.05) is 6.92 Å². The van der Waals surface area contributed by atoms with Gasteiger partial charge in [0.1, 0.15) is 5.75 Å². The molecule has 1 aliphatic heterocycles. The van der Waals surface area contributed by atoms with Gasteiger partial charge in [-0.2, -0.15) is 0 Å². The molecule has 24 heavy (non-hydrogen) atoms. The van der Waals surface area contributed by atoms with E-state index in [2.05, 4.69) is 17.2 Å². The maximum Gasteiger partial charge on any atom is 0.256 e. The Morgan fingerprint density at radius 1 is 1.33 bits per heavy atom. The molecule has 2 bridgehead atoms. The lowest BCUT2D eigenvalue weighted by Gasteiger charge is -2.30. The van der Waals surface area contributed by atoms with Crippen LogP contribution >= 0.6 is 11.8 Å². The van der Waals surface area contributed by atoms with Gasteiger partial charge in [-0.3, -0.25) is 9.79 Å². The zero-order valence-corrected chi connectivity index (χ0v) is 15.3. The fourth-order valence-corrected chi connectivity index (χ4v) is 5.66. The van der Waals surface area contributed by atoms with Gasteiger partial charge in [0.25, 0.3) is 5.91 Å². The first-order valence-electron chi connectivity index (χ1n) is 8.77. The number of rotatable bonds is 3. The van der Waals surface area contributed by atoms with Crippen molar-refractivity contribution in [3.05, 3.63) is 17.7 Å². The SMILES string of the molecule is COc1ccc2c(c1C(=O)NC1C3CCC(C3)C1C)SCC(C)=N2. The largest absolute Gasteiger partial charge is 0.496 e. The second kappa shape index (κ2) is 6.10. The lowest BCUT2D eigenvalue weighted by atomic mass is 9.86. The molecule has 0 aromatic heterocycles. The molecule has 1 aromatic rings. The number of thioether (sulfide) groups is 1. The number of nitrogens with zero attached hydrogens (tertiary/aromatic N) is 1. The topological polar surface area (TPSA) is 50.7 Å². The zero-order chi connectivity index (χ0) is 16.8. The summed E-state index contributed by atoms with van der Waals surface area (Å²) in [4.78, 5) is 18.7. The Balaban J connectivity index is 1.66. The number of aliphatic imine (C=N–C) groups is 1. The van der Waals surface area contributed by atoms with Gasteiger partial charge in [0, 0.05) is 22.4 Å². The molecule has 3 aliphatic rings. The van der Waals surface area contributed by atoms with Crippen LogP contribution in [0.1, 0.15) is 43.5 Å². The molecule has 0 spiro atoms. The van der Waals surface area contributed by atoms with Crippen molar-refractivity contribution in [1.29, 1.82) is 0 Å². The van der Waals surface area contributed by atoms with Crippen molar-refractivity contribution < 1.29 is 9.53 Å². The standard InChI is InChI=1S/C19H24N2O2S/c1-10-9-24-18-14(20-10)6-7-15(23-3)16(18)19(22)21-17-11(2)12-4-5-13(17)8-12/h6-7,11-13,17H,4-5,8-9H2,1-3H3,(H,21,22). The molecule has 1 aromatic carbocycles. The first-order chi connectivity index (χ1) is 11.6. The summed E-state index contributed by atoms with van der Waals surface area (Å²) in [6, 6.07) is 4.11. The van der Waals surface area contributed by atoms with Crippen molar-refractivity contribution >= 4 is 29.1 Å². The third-order valence-corrected chi connectivity index (χ3v) is 7.18. The zero-order valence-electron chi connectivity index (χ0n) is 14.5. The number of carbonyl (C=O) groups excluding carboxylic acids is 1. The summed E-state index contributed by atoms with van der Waals surface area (Å²) in [7, 11) is 1.63. The molecule has 1 N–H and O–H groups in total. The average Bonchev–Trinajstić information content (AvgIpc) is 3.16. The molecule has 1 amide bonds. The van der Waals surface area contributed by atoms with Crippen LogP contribution < -0.4 is 10.1 Å². The number of fused-ring (bicyclic) bond motifs is 3. The monoisotopic (exact) mass is 344 g/mol. The van der Waals surface area contributed by atoms with E-state index in [1.54, 1.807) is 18.9 Å². The molecule has 5 heteroatoms. The number of benzene rings is 1. The van der Waals surface area contributed by atoms with Crippen molar-refractivity contribution in [2.45, 2.75) is 44.0 Å². The van der Waals surface area contributed by atoms with E-state index in [1.807, 2.05) is 19.1 Å². The summed E-state index contributed by atoms with van der Waals surface area (Å²) in [6.07, 6.45) is 3.85. The fourth-order valence-electron chi connectivity index (χ4n) is 4.64. The van der Waals surface area contributed by atoms with Gasteiger partial charge < -0.3 is 10.1 Å². The van der Waals surface area contributed by atoms with E-state index >= 15 is 0 Å². The molecular weight excluding hydrogens is 320 g/mol. The third-order valence-electron chi connectivity index (χ3n) is 5.91. The molecule has 4 nitrogen and oxygen atoms in total. The quantitative estimate of drug-likeness (QED) is 0.900. The molecule has 0 radical (unpaired) electrons. The Morgan fingerprint density at radius 3 is 2.83 bits per heavy atom. The number of ether oxygens (including phenoxy) is 1. The maximum absolute atomic E-state index is 13.1. The Hall–Kier alpha value is -1.49. The first kappa shape index (κ1) is 16.0. The summed E-state index contributed by atoms with van der Waals surface area (Å²) in [5, 5.41) is 3.33. The van der Waals surface area contributed by atoms with Crippen LogP contribution in [0.3, 0.4) is 0 Å². The highest BCUT2D eigenvalue weighted by molar-refractivity contribution is 8.00. The number of nitrogens with one attached hydrogen (secondary N) is 1. The minimum absolute atomic E-state index is 0.00430. The second-order valence-electron chi connectivity index (χ2n) is 7.32. The van der Waals surface area contributed by atoms with Crippen LogP contribution in [0, 0.1) is 17.8 Å². The summed E-state index contributed by atoms with van der Waals surface area (Å²) in [5.74, 6) is 3.47. The Labute approximate surface area is 147 Å². The Morgan fingerprint density at radius 2 is 2.12 bits per heavy atom. The van der Waals surface area contributed by atoms with Crippen molar-refractivity contribution in [2.24, 2.45) is 22.7 Å². The molecule has 4 unspecified atom stereocenters. The highest BCUT2D eigenvalue weighted by Crippen LogP contribution is 2.48. The van der Waals surface area contributed by atoms with E-state index in [9.17, 15) is 4.79 Å². The van der Waals surface area contributed by atoms with E-state index < -0.39 is 0 Å². The van der Waals surface area contributed by atoms with Crippen LogP contribution in [-0.4, -0.2) is 30.5 Å². The minimum atomic E-state index is -0.00430. The Bertz CT molecular complexity index is 714. The number of hydrogen-bond donors (Lipinski definition) is 1. The molecule has 4 rings (SSSR count). The summed E-state index contributed by atoms with van der Waals surface area (Å²) >= 11 is 1.68. The van der Waals surface area contributed by atoms with Gasteiger partial charge in [-0.25, -0.2) is 0 Å². The van der Waals surface area contributed by atoms with Gasteiger partial charge in [0.15, 0.2) is 0 Å². The predicted octanol–water partition coefficient (Wildman–Crippen LogP) is 4.06. The van der Waals surface area contributed by atoms with Crippen molar-refractivity contribution in [3.8, 4) is 5.75 Å². The van der Waals surface area contributed by atoms with Gasteiger partial charge in [0.2, 0.25) is 0 Å². The van der Waals surface area contributed by atoms with E-state index in [-0.39, 0.29) is 5.91 Å². The molecule has 2 aliphatic carbocycles. The number of amides is 1. The van der Waals surface area contributed by atoms with E-state index in [1.165, 1.54) is 19.3 Å². The van der Waals surface area contributed by atoms with Crippen LogP contribution in [0.4, 0.5) is 5.69 Å². The minimum Gasteiger partial charge on any atom is -0.496 e. The lowest BCUT2D eigenvalue weighted by molar-refractivity contribution is 0.0898. The smallest absolute Gasteiger partial charge is 0.256 e. The van der Waals surface area contributed by atoms with Gasteiger partial charge in [-0.05, 0) is 56.1 Å². The van der Waals surface area contributed by atoms with Crippen LogP contribution in [0.2, 0.25) is 0 Å². The van der Waals surface area contributed by atoms with Gasteiger partial charge >= 0.3 is 0 Å². The van der Waals surface area contributed by atoms with Crippen LogP contribution in [0.15, 0.2) is 22.0 Å². The van der Waals surface area contributed by atoms with E-state index in [0.29, 0.717) is 29.2 Å². The van der Waals surface area contributed by atoms with Crippen LogP contribution in [0.25, 0.3) is 0 Å². The average molecular weight is 344 g/mol. The highest BCUT2D eigenvalue weighted by atomic mass is 32.2. The molecule has 1 heterocycles. The first-order valence-corrected chi connectivity index (χ1v) is 9.76. The van der Waals surface area contributed by atoms with Crippen molar-refractivity contribution in [2.75, 3.05) is 12.9 Å². The van der Waals surface area contributed by atoms with Gasteiger partial charge in [0.05, 0.1) is 18.4 Å².